The zero-order chi connectivity index (χ0) is 12.5. The minimum atomic E-state index is 0.0391. The predicted octanol–water partition coefficient (Wildman–Crippen LogP) is 4.28. The highest BCUT2D eigenvalue weighted by Gasteiger charge is 2.22. The second-order valence-corrected chi connectivity index (χ2v) is 5.93. The molecule has 1 unspecified atom stereocenters. The van der Waals surface area contributed by atoms with Gasteiger partial charge in [0.1, 0.15) is 11.9 Å². The summed E-state index contributed by atoms with van der Waals surface area (Å²) in [4.78, 5) is 1.34. The molecule has 1 atom stereocenters. The second kappa shape index (κ2) is 5.10. The highest BCUT2D eigenvalue weighted by atomic mass is 35.5. The van der Waals surface area contributed by atoms with Crippen molar-refractivity contribution in [2.75, 3.05) is 6.54 Å². The van der Waals surface area contributed by atoms with E-state index in [0.717, 1.165) is 18.8 Å². The van der Waals surface area contributed by atoms with Crippen molar-refractivity contribution in [2.24, 2.45) is 0 Å². The first-order chi connectivity index (χ1) is 8.74. The average molecular weight is 300 g/mol. The Hall–Kier alpha value is -0.740. The molecule has 1 aliphatic rings. The zero-order valence-corrected chi connectivity index (χ0v) is 11.8. The van der Waals surface area contributed by atoms with Crippen LogP contribution in [0, 0.1) is 0 Å². The van der Waals surface area contributed by atoms with E-state index in [9.17, 15) is 0 Å². The van der Waals surface area contributed by atoms with E-state index in [1.54, 1.807) is 23.5 Å². The molecule has 5 heteroatoms. The molecule has 1 aliphatic heterocycles. The summed E-state index contributed by atoms with van der Waals surface area (Å²) in [6.45, 7) is 1.73. The molecule has 1 aromatic carbocycles. The lowest BCUT2D eigenvalue weighted by atomic mass is 10.1. The van der Waals surface area contributed by atoms with Gasteiger partial charge >= 0.3 is 0 Å². The van der Waals surface area contributed by atoms with Crippen molar-refractivity contribution < 1.29 is 4.74 Å². The van der Waals surface area contributed by atoms with Gasteiger partial charge in [-0.15, -0.1) is 11.3 Å². The third-order valence-corrected chi connectivity index (χ3v) is 4.59. The van der Waals surface area contributed by atoms with Crippen molar-refractivity contribution >= 4 is 34.5 Å². The lowest BCUT2D eigenvalue weighted by molar-refractivity contribution is 0.193. The third-order valence-electron chi connectivity index (χ3n) is 2.91. The van der Waals surface area contributed by atoms with Gasteiger partial charge in [-0.05, 0) is 23.6 Å². The van der Waals surface area contributed by atoms with Gasteiger partial charge in [0.15, 0.2) is 0 Å². The number of fused-ring (bicyclic) bond motifs is 1. The van der Waals surface area contributed by atoms with Gasteiger partial charge in [-0.3, -0.25) is 0 Å². The molecule has 94 valence electrons. The lowest BCUT2D eigenvalue weighted by Gasteiger charge is -2.24. The lowest BCUT2D eigenvalue weighted by Crippen LogP contribution is -2.29. The highest BCUT2D eigenvalue weighted by Crippen LogP contribution is 2.33. The fourth-order valence-corrected chi connectivity index (χ4v) is 3.22. The molecule has 0 saturated heterocycles. The Morgan fingerprint density at radius 2 is 2.11 bits per heavy atom. The number of ether oxygens (including phenoxy) is 1. The van der Waals surface area contributed by atoms with Gasteiger partial charge < -0.3 is 10.1 Å². The van der Waals surface area contributed by atoms with Crippen molar-refractivity contribution in [3.05, 3.63) is 50.1 Å². The van der Waals surface area contributed by atoms with Gasteiger partial charge in [-0.2, -0.15) is 0 Å². The molecule has 0 amide bonds. The molecule has 2 heterocycles. The van der Waals surface area contributed by atoms with Crippen LogP contribution < -0.4 is 10.1 Å². The molecule has 0 bridgehead atoms. The molecule has 0 aliphatic carbocycles. The van der Waals surface area contributed by atoms with Gasteiger partial charge in [0, 0.05) is 29.6 Å². The van der Waals surface area contributed by atoms with Crippen LogP contribution in [0.3, 0.4) is 0 Å². The van der Waals surface area contributed by atoms with Gasteiger partial charge in [-0.25, -0.2) is 0 Å². The van der Waals surface area contributed by atoms with E-state index < -0.39 is 0 Å². The summed E-state index contributed by atoms with van der Waals surface area (Å²) < 4.78 is 5.98. The van der Waals surface area contributed by atoms with E-state index in [1.807, 2.05) is 6.07 Å². The van der Waals surface area contributed by atoms with E-state index in [-0.39, 0.29) is 6.10 Å². The maximum Gasteiger partial charge on any atom is 0.137 e. The molecule has 0 spiro atoms. The topological polar surface area (TPSA) is 21.3 Å². The first-order valence-electron chi connectivity index (χ1n) is 5.63. The quantitative estimate of drug-likeness (QED) is 0.894. The largest absolute Gasteiger partial charge is 0.484 e. The van der Waals surface area contributed by atoms with E-state index in [2.05, 4.69) is 16.8 Å². The van der Waals surface area contributed by atoms with Gasteiger partial charge in [0.25, 0.3) is 0 Å². The number of halogens is 2. The number of benzene rings is 1. The highest BCUT2D eigenvalue weighted by molar-refractivity contribution is 7.10. The predicted molar refractivity (Wildman–Crippen MR) is 75.9 cm³/mol. The zero-order valence-electron chi connectivity index (χ0n) is 9.45. The molecule has 2 nitrogen and oxygen atoms in total. The Kier molecular flexibility index (Phi) is 3.48. The van der Waals surface area contributed by atoms with Gasteiger partial charge in [0.2, 0.25) is 0 Å². The molecule has 0 radical (unpaired) electrons. The summed E-state index contributed by atoms with van der Waals surface area (Å²) >= 11 is 13.6. The van der Waals surface area contributed by atoms with Crippen molar-refractivity contribution in [3.8, 4) is 5.75 Å². The maximum atomic E-state index is 5.99. The van der Waals surface area contributed by atoms with Crippen LogP contribution in [0.2, 0.25) is 10.0 Å². The fraction of sp³-hybridized carbons (Fsp3) is 0.231. The minimum Gasteiger partial charge on any atom is -0.484 e. The number of rotatable bonds is 2. The first-order valence-corrected chi connectivity index (χ1v) is 7.26. The maximum absolute atomic E-state index is 5.99. The van der Waals surface area contributed by atoms with Crippen molar-refractivity contribution in [3.63, 3.8) is 0 Å². The molecular weight excluding hydrogens is 289 g/mol. The van der Waals surface area contributed by atoms with Crippen LogP contribution in [0.25, 0.3) is 0 Å². The summed E-state index contributed by atoms with van der Waals surface area (Å²) in [7, 11) is 0. The summed E-state index contributed by atoms with van der Waals surface area (Å²) in [5, 5.41) is 6.51. The van der Waals surface area contributed by atoms with Crippen LogP contribution in [-0.2, 0) is 6.54 Å². The van der Waals surface area contributed by atoms with Crippen molar-refractivity contribution in [1.29, 1.82) is 0 Å². The van der Waals surface area contributed by atoms with Crippen molar-refractivity contribution in [2.45, 2.75) is 12.6 Å². The molecule has 0 saturated carbocycles. The molecule has 2 aromatic rings. The molecule has 18 heavy (non-hydrogen) atoms. The summed E-state index contributed by atoms with van der Waals surface area (Å²) in [5.74, 6) is 0.746. The minimum absolute atomic E-state index is 0.0391. The SMILES string of the molecule is Clc1ccc(OC2CNCc3sccc32)cc1Cl. The van der Waals surface area contributed by atoms with Gasteiger partial charge in [0.05, 0.1) is 10.0 Å². The average Bonchev–Trinajstić information content (AvgIpc) is 2.83. The Morgan fingerprint density at radius 1 is 1.22 bits per heavy atom. The Bertz CT molecular complexity index is 570. The molecular formula is C13H11Cl2NOS. The molecule has 3 rings (SSSR count). The van der Waals surface area contributed by atoms with Crippen LogP contribution in [0.1, 0.15) is 16.5 Å². The molecule has 1 aromatic heterocycles. The first kappa shape index (κ1) is 12.3. The van der Waals surface area contributed by atoms with Crippen LogP contribution in [0.4, 0.5) is 0 Å². The van der Waals surface area contributed by atoms with Gasteiger partial charge in [-0.1, -0.05) is 23.2 Å². The van der Waals surface area contributed by atoms with Crippen LogP contribution in [-0.4, -0.2) is 6.54 Å². The Balaban J connectivity index is 1.84. The standard InChI is InChI=1S/C13H11Cl2NOS/c14-10-2-1-8(5-11(10)15)17-12-6-16-7-13-9(12)3-4-18-13/h1-5,12,16H,6-7H2. The number of hydrogen-bond donors (Lipinski definition) is 1. The fourth-order valence-electron chi connectivity index (χ4n) is 2.03. The summed E-state index contributed by atoms with van der Waals surface area (Å²) in [5.41, 5.74) is 1.27. The number of hydrogen-bond acceptors (Lipinski definition) is 3. The molecule has 0 fully saturated rings. The number of thiophene rings is 1. The van der Waals surface area contributed by atoms with Crippen LogP contribution in [0.15, 0.2) is 29.6 Å². The smallest absolute Gasteiger partial charge is 0.137 e. The van der Waals surface area contributed by atoms with E-state index >= 15 is 0 Å². The normalized spacial score (nSPS) is 18.4. The third kappa shape index (κ3) is 2.36. The van der Waals surface area contributed by atoms with E-state index in [4.69, 9.17) is 27.9 Å². The second-order valence-electron chi connectivity index (χ2n) is 4.11. The summed E-state index contributed by atoms with van der Waals surface area (Å²) in [6.07, 6.45) is 0.0391. The summed E-state index contributed by atoms with van der Waals surface area (Å²) in [6, 6.07) is 7.48. The molecule has 1 N–H and O–H groups in total. The Morgan fingerprint density at radius 3 is 2.94 bits per heavy atom. The monoisotopic (exact) mass is 299 g/mol. The van der Waals surface area contributed by atoms with Crippen LogP contribution >= 0.6 is 34.5 Å². The number of nitrogens with one attached hydrogen (secondary N) is 1. The van der Waals surface area contributed by atoms with E-state index in [1.165, 1.54) is 10.4 Å². The van der Waals surface area contributed by atoms with Crippen molar-refractivity contribution in [1.82, 2.24) is 5.32 Å². The van der Waals surface area contributed by atoms with E-state index in [0.29, 0.717) is 10.0 Å². The van der Waals surface area contributed by atoms with Crippen LogP contribution in [0.5, 0.6) is 5.75 Å². The Labute approximate surface area is 119 Å².